The molecule has 3 heterocycles. The van der Waals surface area contributed by atoms with Crippen LogP contribution in [0.1, 0.15) is 19.3 Å². The van der Waals surface area contributed by atoms with Gasteiger partial charge in [-0.3, -0.25) is 29.9 Å². The second-order valence-corrected chi connectivity index (χ2v) is 12.1. The Morgan fingerprint density at radius 1 is 0.375 bits per heavy atom. The van der Waals surface area contributed by atoms with Gasteiger partial charge in [0.05, 0.1) is 34.1 Å². The van der Waals surface area contributed by atoms with E-state index in [4.69, 9.17) is 15.0 Å². The molecule has 6 heteroatoms. The van der Waals surface area contributed by atoms with Gasteiger partial charge in [-0.1, -0.05) is 54.6 Å². The molecule has 1 saturated carbocycles. The SMILES string of the molecule is C(=N/c1ccc(-c2ccccn2)cc1)/C1CC(/C=N\c2ccc(-c3ccccn3)cc2)CC(/C=N\c2ccc(-c3ccccn3)cc2)C1. The minimum absolute atomic E-state index is 0.306. The second kappa shape index (κ2) is 15.1. The van der Waals surface area contributed by atoms with Crippen LogP contribution in [0.4, 0.5) is 17.1 Å². The fraction of sp³-hybridized carbons (Fsp3) is 0.143. The third-order valence-corrected chi connectivity index (χ3v) is 8.60. The van der Waals surface area contributed by atoms with Crippen molar-refractivity contribution in [1.82, 2.24) is 15.0 Å². The van der Waals surface area contributed by atoms with Gasteiger partial charge in [-0.2, -0.15) is 0 Å². The van der Waals surface area contributed by atoms with Gasteiger partial charge in [0.1, 0.15) is 0 Å². The molecule has 48 heavy (non-hydrogen) atoms. The van der Waals surface area contributed by atoms with Crippen LogP contribution in [0, 0.1) is 17.8 Å². The molecule has 3 aromatic heterocycles. The minimum Gasteiger partial charge on any atom is -0.261 e. The zero-order valence-electron chi connectivity index (χ0n) is 26.6. The third-order valence-electron chi connectivity index (χ3n) is 8.60. The molecule has 0 spiro atoms. The largest absolute Gasteiger partial charge is 0.261 e. The summed E-state index contributed by atoms with van der Waals surface area (Å²) in [7, 11) is 0. The molecule has 0 saturated heterocycles. The van der Waals surface area contributed by atoms with Crippen molar-refractivity contribution in [3.05, 3.63) is 146 Å². The van der Waals surface area contributed by atoms with Crippen molar-refractivity contribution in [3.8, 4) is 33.8 Å². The summed E-state index contributed by atoms with van der Waals surface area (Å²) in [4.78, 5) is 28.1. The van der Waals surface area contributed by atoms with E-state index >= 15 is 0 Å². The Labute approximate surface area is 281 Å². The van der Waals surface area contributed by atoms with Gasteiger partial charge in [-0.25, -0.2) is 0 Å². The minimum atomic E-state index is 0.306. The molecule has 6 nitrogen and oxygen atoms in total. The number of benzene rings is 3. The van der Waals surface area contributed by atoms with Crippen molar-refractivity contribution in [2.75, 3.05) is 0 Å². The van der Waals surface area contributed by atoms with Gasteiger partial charge < -0.3 is 0 Å². The van der Waals surface area contributed by atoms with Gasteiger partial charge in [-0.15, -0.1) is 0 Å². The van der Waals surface area contributed by atoms with Gasteiger partial charge in [0, 0.05) is 53.9 Å². The zero-order chi connectivity index (χ0) is 32.4. The highest BCUT2D eigenvalue weighted by molar-refractivity contribution is 5.75. The normalized spacial score (nSPS) is 18.1. The molecule has 0 aliphatic heterocycles. The highest BCUT2D eigenvalue weighted by Crippen LogP contribution is 2.33. The highest BCUT2D eigenvalue weighted by Gasteiger charge is 2.26. The molecule has 0 radical (unpaired) electrons. The summed E-state index contributed by atoms with van der Waals surface area (Å²) in [5, 5.41) is 0. The Balaban J connectivity index is 1.06. The van der Waals surface area contributed by atoms with E-state index in [1.807, 2.05) is 73.2 Å². The molecule has 6 aromatic rings. The molecule has 0 bridgehead atoms. The third kappa shape index (κ3) is 8.09. The average molecular weight is 625 g/mol. The molecule has 1 aliphatic rings. The number of hydrogen-bond donors (Lipinski definition) is 0. The standard InChI is InChI=1S/C42H36N6/c1-4-22-43-40(7-1)34-10-16-37(17-11-34)46-28-31-25-32(29-47-38-18-12-35(13-19-38)41-8-2-5-23-44-41)27-33(26-31)30-48-39-20-14-36(15-21-39)42-9-3-6-24-45-42/h1-24,28-33H,25-27H2/b46-28-,47-29-,48-30-. The number of pyridine rings is 3. The molecule has 1 fully saturated rings. The van der Waals surface area contributed by atoms with E-state index in [1.165, 1.54) is 0 Å². The Morgan fingerprint density at radius 3 is 0.917 bits per heavy atom. The van der Waals surface area contributed by atoms with E-state index in [1.54, 1.807) is 0 Å². The van der Waals surface area contributed by atoms with Gasteiger partial charge in [0.2, 0.25) is 0 Å². The van der Waals surface area contributed by atoms with E-state index in [9.17, 15) is 0 Å². The summed E-state index contributed by atoms with van der Waals surface area (Å²) < 4.78 is 0. The topological polar surface area (TPSA) is 75.8 Å². The molecule has 234 valence electrons. The maximum Gasteiger partial charge on any atom is 0.0701 e. The predicted octanol–water partition coefficient (Wildman–Crippen LogP) is 10.4. The Hall–Kier alpha value is -5.88. The molecular weight excluding hydrogens is 589 g/mol. The average Bonchev–Trinajstić information content (AvgIpc) is 3.17. The van der Waals surface area contributed by atoms with Gasteiger partial charge in [-0.05, 0) is 110 Å². The number of rotatable bonds is 9. The van der Waals surface area contributed by atoms with E-state index in [2.05, 4.69) is 106 Å². The summed E-state index contributed by atoms with van der Waals surface area (Å²) >= 11 is 0. The van der Waals surface area contributed by atoms with Gasteiger partial charge in [0.25, 0.3) is 0 Å². The Morgan fingerprint density at radius 2 is 0.667 bits per heavy atom. The Kier molecular flexibility index (Phi) is 9.70. The fourth-order valence-corrected chi connectivity index (χ4v) is 6.15. The number of aliphatic imine (C=N–C) groups is 3. The smallest absolute Gasteiger partial charge is 0.0701 e. The summed E-state index contributed by atoms with van der Waals surface area (Å²) in [6.07, 6.45) is 14.8. The summed E-state index contributed by atoms with van der Waals surface area (Å²) in [6, 6.07) is 42.7. The number of nitrogens with zero attached hydrogens (tertiary/aromatic N) is 6. The molecule has 7 rings (SSSR count). The first-order valence-electron chi connectivity index (χ1n) is 16.4. The maximum atomic E-state index is 4.90. The van der Waals surface area contributed by atoms with Crippen molar-refractivity contribution in [2.24, 2.45) is 32.7 Å². The molecule has 0 N–H and O–H groups in total. The van der Waals surface area contributed by atoms with Gasteiger partial charge >= 0.3 is 0 Å². The van der Waals surface area contributed by atoms with Crippen LogP contribution in [-0.2, 0) is 0 Å². The maximum absolute atomic E-state index is 4.90. The van der Waals surface area contributed by atoms with Crippen molar-refractivity contribution in [1.29, 1.82) is 0 Å². The lowest BCUT2D eigenvalue weighted by molar-refractivity contribution is 0.349. The highest BCUT2D eigenvalue weighted by atomic mass is 14.7. The van der Waals surface area contributed by atoms with Crippen LogP contribution >= 0.6 is 0 Å². The van der Waals surface area contributed by atoms with E-state index in [-0.39, 0.29) is 0 Å². The summed E-state index contributed by atoms with van der Waals surface area (Å²) in [5.41, 5.74) is 8.96. The molecule has 0 unspecified atom stereocenters. The molecule has 3 aromatic carbocycles. The lowest BCUT2D eigenvalue weighted by atomic mass is 9.76. The molecule has 1 aliphatic carbocycles. The van der Waals surface area contributed by atoms with Gasteiger partial charge in [0.15, 0.2) is 0 Å². The zero-order valence-corrected chi connectivity index (χ0v) is 26.6. The van der Waals surface area contributed by atoms with Crippen LogP contribution in [0.2, 0.25) is 0 Å². The number of hydrogen-bond acceptors (Lipinski definition) is 6. The van der Waals surface area contributed by atoms with E-state index in [0.29, 0.717) is 17.8 Å². The van der Waals surface area contributed by atoms with Crippen molar-refractivity contribution >= 4 is 35.7 Å². The molecular formula is C42H36N6. The van der Waals surface area contributed by atoms with Crippen LogP contribution in [0.3, 0.4) is 0 Å². The summed E-state index contributed by atoms with van der Waals surface area (Å²) in [5.74, 6) is 0.917. The fourth-order valence-electron chi connectivity index (χ4n) is 6.15. The first-order chi connectivity index (χ1) is 23.7. The monoisotopic (exact) mass is 624 g/mol. The van der Waals surface area contributed by atoms with Crippen LogP contribution in [0.5, 0.6) is 0 Å². The van der Waals surface area contributed by atoms with Crippen molar-refractivity contribution < 1.29 is 0 Å². The van der Waals surface area contributed by atoms with Crippen LogP contribution in [0.25, 0.3) is 33.8 Å². The molecule has 0 atom stereocenters. The molecule has 0 amide bonds. The van der Waals surface area contributed by atoms with Crippen LogP contribution in [-0.4, -0.2) is 33.6 Å². The quantitative estimate of drug-likeness (QED) is 0.150. The summed E-state index contributed by atoms with van der Waals surface area (Å²) in [6.45, 7) is 0. The van der Waals surface area contributed by atoms with Crippen molar-refractivity contribution in [3.63, 3.8) is 0 Å². The lowest BCUT2D eigenvalue weighted by Crippen LogP contribution is -2.25. The van der Waals surface area contributed by atoms with E-state index in [0.717, 1.165) is 70.1 Å². The van der Waals surface area contributed by atoms with Crippen molar-refractivity contribution in [2.45, 2.75) is 19.3 Å². The van der Waals surface area contributed by atoms with E-state index < -0.39 is 0 Å². The first-order valence-corrected chi connectivity index (χ1v) is 16.4. The van der Waals surface area contributed by atoms with Crippen LogP contribution in [0.15, 0.2) is 161 Å². The first kappa shape index (κ1) is 30.8. The number of aromatic nitrogens is 3. The lowest BCUT2D eigenvalue weighted by Gasteiger charge is -2.29. The Bertz CT molecular complexity index is 1730. The van der Waals surface area contributed by atoms with Crippen LogP contribution < -0.4 is 0 Å². The second-order valence-electron chi connectivity index (χ2n) is 12.1. The predicted molar refractivity (Wildman–Crippen MR) is 198 cm³/mol.